The molecule has 5 rings (SSSR count). The Morgan fingerprint density at radius 3 is 1.96 bits per heavy atom. The predicted molar refractivity (Wildman–Crippen MR) is 104 cm³/mol. The van der Waals surface area contributed by atoms with Gasteiger partial charge in [0.1, 0.15) is 0 Å². The number of aromatic nitrogens is 2. The van der Waals surface area contributed by atoms with Crippen LogP contribution in [0.4, 0.5) is 0 Å². The smallest absolute Gasteiger partial charge is 0.249 e. The summed E-state index contributed by atoms with van der Waals surface area (Å²) in [4.78, 5) is 0. The Morgan fingerprint density at radius 2 is 1.27 bits per heavy atom. The minimum absolute atomic E-state index is 0.573. The molecule has 3 nitrogen and oxygen atoms in total. The van der Waals surface area contributed by atoms with Crippen molar-refractivity contribution in [1.82, 2.24) is 10.2 Å². The summed E-state index contributed by atoms with van der Waals surface area (Å²) in [6, 6.07) is 29.0. The summed E-state index contributed by atoms with van der Waals surface area (Å²) < 4.78 is 6.07. The van der Waals surface area contributed by atoms with E-state index in [-0.39, 0.29) is 0 Å². The quantitative estimate of drug-likeness (QED) is 0.401. The highest BCUT2D eigenvalue weighted by Gasteiger charge is 2.15. The van der Waals surface area contributed by atoms with E-state index in [2.05, 4.69) is 64.8 Å². The van der Waals surface area contributed by atoms with Gasteiger partial charge in [0.25, 0.3) is 0 Å². The molecule has 3 heteroatoms. The van der Waals surface area contributed by atoms with E-state index in [1.54, 1.807) is 0 Å². The van der Waals surface area contributed by atoms with E-state index in [0.717, 1.165) is 21.9 Å². The van der Waals surface area contributed by atoms with Crippen molar-refractivity contribution in [3.63, 3.8) is 0 Å². The van der Waals surface area contributed by atoms with Crippen LogP contribution in [0.15, 0.2) is 89.3 Å². The highest BCUT2D eigenvalue weighted by atomic mass is 16.4. The van der Waals surface area contributed by atoms with Crippen molar-refractivity contribution >= 4 is 21.5 Å². The molecule has 0 saturated carbocycles. The first-order valence-electron chi connectivity index (χ1n) is 8.66. The molecule has 0 saturated heterocycles. The fourth-order valence-electron chi connectivity index (χ4n) is 3.44. The average Bonchev–Trinajstić information content (AvgIpc) is 3.14. The maximum absolute atomic E-state index is 6.07. The minimum Gasteiger partial charge on any atom is -0.420 e. The van der Waals surface area contributed by atoms with Crippen LogP contribution < -0.4 is 0 Å². The lowest BCUT2D eigenvalue weighted by atomic mass is 9.97. The zero-order chi connectivity index (χ0) is 17.3. The average molecular weight is 336 g/mol. The molecule has 0 aliphatic heterocycles. The Hall–Kier alpha value is -3.46. The summed E-state index contributed by atoms with van der Waals surface area (Å²) in [6.07, 6.45) is 0.635. The molecule has 1 aromatic heterocycles. The standard InChI is InChI=1S/C23H16N2O/c1-2-8-16(9-3-1)14-21-24-25-23(26-21)22-19-12-6-4-10-17(19)15-18-11-5-7-13-20(18)22/h1-13,15H,14H2. The van der Waals surface area contributed by atoms with Gasteiger partial charge in [0, 0.05) is 0 Å². The largest absolute Gasteiger partial charge is 0.420 e. The van der Waals surface area contributed by atoms with E-state index >= 15 is 0 Å². The molecule has 5 aromatic rings. The van der Waals surface area contributed by atoms with Crippen LogP contribution >= 0.6 is 0 Å². The summed E-state index contributed by atoms with van der Waals surface area (Å²) in [5, 5.41) is 13.2. The number of rotatable bonds is 3. The summed E-state index contributed by atoms with van der Waals surface area (Å²) in [5.74, 6) is 1.20. The third kappa shape index (κ3) is 2.54. The Kier molecular flexibility index (Phi) is 3.49. The molecule has 0 radical (unpaired) electrons. The summed E-state index contributed by atoms with van der Waals surface area (Å²) in [7, 11) is 0. The zero-order valence-electron chi connectivity index (χ0n) is 14.1. The maximum Gasteiger partial charge on any atom is 0.249 e. The normalized spacial score (nSPS) is 11.2. The van der Waals surface area contributed by atoms with Crippen LogP contribution in [0.1, 0.15) is 11.5 Å². The van der Waals surface area contributed by atoms with Crippen LogP contribution in [0.2, 0.25) is 0 Å². The molecule has 0 N–H and O–H groups in total. The number of hydrogen-bond donors (Lipinski definition) is 0. The first kappa shape index (κ1) is 14.8. The SMILES string of the molecule is c1ccc(Cc2nnc(-c3c4ccccc4cc4ccccc34)o2)cc1. The molecule has 0 aliphatic carbocycles. The van der Waals surface area contributed by atoms with Gasteiger partial charge in [-0.25, -0.2) is 0 Å². The third-order valence-corrected chi connectivity index (χ3v) is 4.65. The number of hydrogen-bond acceptors (Lipinski definition) is 3. The van der Waals surface area contributed by atoms with Crippen LogP contribution in [0, 0.1) is 0 Å². The first-order chi connectivity index (χ1) is 12.9. The van der Waals surface area contributed by atoms with E-state index in [4.69, 9.17) is 4.42 Å². The molecule has 0 amide bonds. The lowest BCUT2D eigenvalue weighted by molar-refractivity contribution is 0.519. The Labute approximate surface area is 150 Å². The minimum atomic E-state index is 0.573. The monoisotopic (exact) mass is 336 g/mol. The van der Waals surface area contributed by atoms with Crippen molar-refractivity contribution in [2.45, 2.75) is 6.42 Å². The second-order valence-corrected chi connectivity index (χ2v) is 6.36. The molecular formula is C23H16N2O. The van der Waals surface area contributed by atoms with E-state index in [9.17, 15) is 0 Å². The Bertz CT molecular complexity index is 1150. The third-order valence-electron chi connectivity index (χ3n) is 4.65. The highest BCUT2D eigenvalue weighted by molar-refractivity contribution is 6.11. The number of benzene rings is 4. The van der Waals surface area contributed by atoms with Crippen LogP contribution in [-0.2, 0) is 6.42 Å². The van der Waals surface area contributed by atoms with Gasteiger partial charge in [0.15, 0.2) is 0 Å². The topological polar surface area (TPSA) is 38.9 Å². The highest BCUT2D eigenvalue weighted by Crippen LogP contribution is 2.35. The van der Waals surface area contributed by atoms with E-state index in [1.807, 2.05) is 30.3 Å². The van der Waals surface area contributed by atoms with Gasteiger partial charge < -0.3 is 4.42 Å². The fourth-order valence-corrected chi connectivity index (χ4v) is 3.44. The molecule has 0 fully saturated rings. The molecule has 0 aliphatic rings. The van der Waals surface area contributed by atoms with Crippen molar-refractivity contribution in [2.75, 3.05) is 0 Å². The Morgan fingerprint density at radius 1 is 0.654 bits per heavy atom. The van der Waals surface area contributed by atoms with Gasteiger partial charge in [-0.05, 0) is 33.2 Å². The van der Waals surface area contributed by atoms with Crippen LogP contribution in [-0.4, -0.2) is 10.2 Å². The lowest BCUT2D eigenvalue weighted by Gasteiger charge is -2.08. The maximum atomic E-state index is 6.07. The van der Waals surface area contributed by atoms with Crippen LogP contribution in [0.5, 0.6) is 0 Å². The molecule has 0 bridgehead atoms. The van der Waals surface area contributed by atoms with Gasteiger partial charge in [0.05, 0.1) is 12.0 Å². The van der Waals surface area contributed by atoms with Crippen molar-refractivity contribution in [1.29, 1.82) is 0 Å². The van der Waals surface area contributed by atoms with Crippen LogP contribution in [0.25, 0.3) is 33.0 Å². The predicted octanol–water partition coefficient (Wildman–Crippen LogP) is 5.63. The second-order valence-electron chi connectivity index (χ2n) is 6.36. The molecule has 0 spiro atoms. The van der Waals surface area contributed by atoms with E-state index in [1.165, 1.54) is 10.8 Å². The lowest BCUT2D eigenvalue weighted by Crippen LogP contribution is -1.87. The van der Waals surface area contributed by atoms with Gasteiger partial charge in [-0.15, -0.1) is 10.2 Å². The number of nitrogens with zero attached hydrogens (tertiary/aromatic N) is 2. The van der Waals surface area contributed by atoms with Crippen LogP contribution in [0.3, 0.4) is 0 Å². The van der Waals surface area contributed by atoms with Crippen molar-refractivity contribution in [2.24, 2.45) is 0 Å². The molecular weight excluding hydrogens is 320 g/mol. The first-order valence-corrected chi connectivity index (χ1v) is 8.66. The molecule has 4 aromatic carbocycles. The van der Waals surface area contributed by atoms with Crippen molar-refractivity contribution in [3.05, 3.63) is 96.4 Å². The van der Waals surface area contributed by atoms with Crippen molar-refractivity contribution in [3.8, 4) is 11.5 Å². The van der Waals surface area contributed by atoms with Crippen molar-refractivity contribution < 1.29 is 4.42 Å². The van der Waals surface area contributed by atoms with Gasteiger partial charge in [-0.1, -0.05) is 78.9 Å². The van der Waals surface area contributed by atoms with Gasteiger partial charge in [0.2, 0.25) is 11.8 Å². The molecule has 0 unspecified atom stereocenters. The van der Waals surface area contributed by atoms with Gasteiger partial charge >= 0.3 is 0 Å². The van der Waals surface area contributed by atoms with Gasteiger partial charge in [-0.2, -0.15) is 0 Å². The van der Waals surface area contributed by atoms with E-state index in [0.29, 0.717) is 18.2 Å². The second kappa shape index (κ2) is 6.12. The summed E-state index contributed by atoms with van der Waals surface area (Å²) in [5.41, 5.74) is 2.16. The molecule has 1 heterocycles. The van der Waals surface area contributed by atoms with E-state index < -0.39 is 0 Å². The summed E-state index contributed by atoms with van der Waals surface area (Å²) in [6.45, 7) is 0. The molecule has 26 heavy (non-hydrogen) atoms. The molecule has 0 atom stereocenters. The Balaban J connectivity index is 1.68. The summed E-state index contributed by atoms with van der Waals surface area (Å²) >= 11 is 0. The van der Waals surface area contributed by atoms with Gasteiger partial charge in [-0.3, -0.25) is 0 Å². The fraction of sp³-hybridized carbons (Fsp3) is 0.0435. The molecule has 124 valence electrons. The zero-order valence-corrected chi connectivity index (χ0v) is 14.1. The number of fused-ring (bicyclic) bond motifs is 2.